The number of nitrogens with zero attached hydrogens (tertiary/aromatic N) is 1. The average molecular weight is 424 g/mol. The van der Waals surface area contributed by atoms with Crippen molar-refractivity contribution in [2.45, 2.75) is 65.1 Å². The number of aromatic amines is 1. The summed E-state index contributed by atoms with van der Waals surface area (Å²) in [7, 11) is 0. The van der Waals surface area contributed by atoms with Gasteiger partial charge in [0, 0.05) is 17.1 Å². The summed E-state index contributed by atoms with van der Waals surface area (Å²) in [4.78, 5) is 18.1. The summed E-state index contributed by atoms with van der Waals surface area (Å²) in [6.07, 6.45) is 7.55. The molecule has 0 saturated heterocycles. The lowest BCUT2D eigenvalue weighted by molar-refractivity contribution is 0.234. The summed E-state index contributed by atoms with van der Waals surface area (Å²) < 4.78 is 5.42. The van der Waals surface area contributed by atoms with Crippen LogP contribution in [0.3, 0.4) is 0 Å². The molecule has 1 fully saturated rings. The van der Waals surface area contributed by atoms with Crippen LogP contribution in [-0.2, 0) is 13.1 Å². The second-order valence-electron chi connectivity index (χ2n) is 8.31. The van der Waals surface area contributed by atoms with Crippen molar-refractivity contribution in [1.82, 2.24) is 15.2 Å². The van der Waals surface area contributed by atoms with Crippen LogP contribution in [-0.4, -0.2) is 21.0 Å². The van der Waals surface area contributed by atoms with Crippen LogP contribution < -0.4 is 10.9 Å². The molecule has 2 N–H and O–H groups in total. The minimum absolute atomic E-state index is 0.0413. The number of aryl methyl sites for hydroxylation is 2. The van der Waals surface area contributed by atoms with E-state index in [4.69, 9.17) is 16.6 Å². The number of benzene rings is 1. The molecular formula is C24H29N3O2S. The highest BCUT2D eigenvalue weighted by atomic mass is 32.1. The largest absolute Gasteiger partial charge is 0.467 e. The number of pyridine rings is 1. The maximum Gasteiger partial charge on any atom is 0.253 e. The van der Waals surface area contributed by atoms with E-state index in [0.717, 1.165) is 35.1 Å². The van der Waals surface area contributed by atoms with Crippen molar-refractivity contribution >= 4 is 28.2 Å². The maximum absolute atomic E-state index is 12.9. The number of thiocarbonyl (C=S) groups is 1. The summed E-state index contributed by atoms with van der Waals surface area (Å²) >= 11 is 5.77. The minimum Gasteiger partial charge on any atom is -0.467 e. The molecule has 6 heteroatoms. The Morgan fingerprint density at radius 3 is 2.70 bits per heavy atom. The van der Waals surface area contributed by atoms with E-state index >= 15 is 0 Å². The Morgan fingerprint density at radius 1 is 1.20 bits per heavy atom. The molecule has 0 unspecified atom stereocenters. The molecule has 1 aromatic carbocycles. The second-order valence-corrected chi connectivity index (χ2v) is 8.69. The van der Waals surface area contributed by atoms with Gasteiger partial charge in [-0.3, -0.25) is 4.79 Å². The fourth-order valence-corrected chi connectivity index (χ4v) is 4.55. The molecule has 30 heavy (non-hydrogen) atoms. The molecule has 0 atom stereocenters. The summed E-state index contributed by atoms with van der Waals surface area (Å²) in [6.45, 7) is 5.21. The van der Waals surface area contributed by atoms with E-state index in [1.807, 2.05) is 24.3 Å². The lowest BCUT2D eigenvalue weighted by atomic mass is 9.94. The van der Waals surface area contributed by atoms with E-state index in [9.17, 15) is 4.79 Å². The van der Waals surface area contributed by atoms with E-state index in [1.165, 1.54) is 30.4 Å². The van der Waals surface area contributed by atoms with Crippen LogP contribution in [0.25, 0.3) is 10.9 Å². The predicted molar refractivity (Wildman–Crippen MR) is 125 cm³/mol. The molecule has 1 aliphatic rings. The predicted octanol–water partition coefficient (Wildman–Crippen LogP) is 4.95. The molecule has 1 aliphatic carbocycles. The number of furan rings is 1. The van der Waals surface area contributed by atoms with Crippen LogP contribution in [0.15, 0.2) is 45.8 Å². The lowest BCUT2D eigenvalue weighted by Gasteiger charge is -2.36. The first-order chi connectivity index (χ1) is 14.5. The van der Waals surface area contributed by atoms with Crippen molar-refractivity contribution in [3.8, 4) is 0 Å². The van der Waals surface area contributed by atoms with Gasteiger partial charge in [-0.15, -0.1) is 0 Å². The third kappa shape index (κ3) is 4.59. The second kappa shape index (κ2) is 9.04. The lowest BCUT2D eigenvalue weighted by Crippen LogP contribution is -2.46. The molecular weight excluding hydrogens is 394 g/mol. The van der Waals surface area contributed by atoms with E-state index in [1.54, 1.807) is 6.26 Å². The number of hydrogen-bond donors (Lipinski definition) is 2. The number of fused-ring (bicyclic) bond motifs is 1. The van der Waals surface area contributed by atoms with Gasteiger partial charge in [0.1, 0.15) is 5.76 Å². The van der Waals surface area contributed by atoms with E-state index in [0.29, 0.717) is 24.2 Å². The number of hydrogen-bond acceptors (Lipinski definition) is 3. The fraction of sp³-hybridized carbons (Fsp3) is 0.417. The van der Waals surface area contributed by atoms with Crippen LogP contribution in [0.5, 0.6) is 0 Å². The monoisotopic (exact) mass is 423 g/mol. The van der Waals surface area contributed by atoms with Crippen molar-refractivity contribution in [3.63, 3.8) is 0 Å². The molecule has 5 nitrogen and oxygen atoms in total. The van der Waals surface area contributed by atoms with Crippen LogP contribution in [0.2, 0.25) is 0 Å². The van der Waals surface area contributed by atoms with Crippen molar-refractivity contribution in [3.05, 3.63) is 69.4 Å². The van der Waals surface area contributed by atoms with E-state index in [2.05, 4.69) is 35.1 Å². The summed E-state index contributed by atoms with van der Waals surface area (Å²) in [5.41, 5.74) is 3.99. The van der Waals surface area contributed by atoms with Gasteiger partial charge < -0.3 is 19.6 Å². The smallest absolute Gasteiger partial charge is 0.253 e. The van der Waals surface area contributed by atoms with Gasteiger partial charge in [-0.05, 0) is 85.8 Å². The molecule has 1 saturated carbocycles. The Labute approximate surface area is 182 Å². The Bertz CT molecular complexity index is 1080. The highest BCUT2D eigenvalue weighted by Crippen LogP contribution is 2.25. The minimum atomic E-state index is -0.0413. The van der Waals surface area contributed by atoms with Crippen molar-refractivity contribution in [2.75, 3.05) is 0 Å². The highest BCUT2D eigenvalue weighted by molar-refractivity contribution is 7.80. The third-order valence-electron chi connectivity index (χ3n) is 6.15. The average Bonchev–Trinajstić information content (AvgIpc) is 3.26. The van der Waals surface area contributed by atoms with E-state index in [-0.39, 0.29) is 5.56 Å². The van der Waals surface area contributed by atoms with Crippen LogP contribution in [0, 0.1) is 13.8 Å². The van der Waals surface area contributed by atoms with Gasteiger partial charge in [-0.2, -0.15) is 0 Å². The van der Waals surface area contributed by atoms with Gasteiger partial charge >= 0.3 is 0 Å². The van der Waals surface area contributed by atoms with E-state index < -0.39 is 0 Å². The van der Waals surface area contributed by atoms with Gasteiger partial charge in [0.05, 0.1) is 19.4 Å². The van der Waals surface area contributed by atoms with Crippen LogP contribution >= 0.6 is 12.2 Å². The fourth-order valence-electron chi connectivity index (χ4n) is 4.26. The Morgan fingerprint density at radius 2 is 1.97 bits per heavy atom. The molecule has 4 rings (SSSR count). The zero-order chi connectivity index (χ0) is 21.1. The SMILES string of the molecule is Cc1cc2cc(CN(C(=S)NCc3ccco3)C3CCCCC3)c(=O)[nH]c2cc1C. The van der Waals surface area contributed by atoms with Crippen molar-refractivity contribution < 1.29 is 4.42 Å². The molecule has 158 valence electrons. The van der Waals surface area contributed by atoms with Crippen LogP contribution in [0.4, 0.5) is 0 Å². The highest BCUT2D eigenvalue weighted by Gasteiger charge is 2.24. The molecule has 2 aromatic heterocycles. The molecule has 2 heterocycles. The summed E-state index contributed by atoms with van der Waals surface area (Å²) in [6, 6.07) is 10.4. The zero-order valence-electron chi connectivity index (χ0n) is 17.7. The number of nitrogens with one attached hydrogen (secondary N) is 2. The Kier molecular flexibility index (Phi) is 6.23. The first-order valence-electron chi connectivity index (χ1n) is 10.7. The van der Waals surface area contributed by atoms with Gasteiger partial charge in [0.2, 0.25) is 0 Å². The zero-order valence-corrected chi connectivity index (χ0v) is 18.5. The summed E-state index contributed by atoms with van der Waals surface area (Å²) in [5.74, 6) is 0.843. The normalized spacial score (nSPS) is 14.7. The first-order valence-corrected chi connectivity index (χ1v) is 11.1. The molecule has 3 aromatic rings. The van der Waals surface area contributed by atoms with Gasteiger partial charge in [-0.1, -0.05) is 19.3 Å². The molecule has 0 radical (unpaired) electrons. The number of rotatable bonds is 5. The van der Waals surface area contributed by atoms with Crippen LogP contribution in [0.1, 0.15) is 54.6 Å². The maximum atomic E-state index is 12.9. The Hall–Kier alpha value is -2.60. The van der Waals surface area contributed by atoms with Gasteiger partial charge in [-0.25, -0.2) is 0 Å². The quantitative estimate of drug-likeness (QED) is 0.569. The molecule has 0 amide bonds. The van der Waals surface area contributed by atoms with Crippen molar-refractivity contribution in [2.24, 2.45) is 0 Å². The first kappa shape index (κ1) is 20.7. The third-order valence-corrected chi connectivity index (χ3v) is 6.53. The number of H-pyrrole nitrogens is 1. The molecule has 0 spiro atoms. The molecule has 0 bridgehead atoms. The van der Waals surface area contributed by atoms with Gasteiger partial charge in [0.25, 0.3) is 5.56 Å². The standard InChI is InChI=1S/C24H29N3O2S/c1-16-11-18-13-19(23(28)26-22(18)12-17(16)2)15-27(20-7-4-3-5-8-20)24(30)25-14-21-9-6-10-29-21/h6,9-13,20H,3-5,7-8,14-15H2,1-2H3,(H,25,30)(H,26,28). The Balaban J connectivity index is 1.60. The van der Waals surface area contributed by atoms with Crippen molar-refractivity contribution in [1.29, 1.82) is 0 Å². The topological polar surface area (TPSA) is 61.3 Å². The number of aromatic nitrogens is 1. The van der Waals surface area contributed by atoms with Gasteiger partial charge in [0.15, 0.2) is 5.11 Å². The molecule has 0 aliphatic heterocycles. The summed E-state index contributed by atoms with van der Waals surface area (Å²) in [5, 5.41) is 5.07.